The van der Waals surface area contributed by atoms with Gasteiger partial charge in [0, 0.05) is 30.6 Å². The number of ether oxygens (including phenoxy) is 1. The Morgan fingerprint density at radius 1 is 1.17 bits per heavy atom. The van der Waals surface area contributed by atoms with Crippen LogP contribution < -0.4 is 16.0 Å². The van der Waals surface area contributed by atoms with Gasteiger partial charge in [-0.1, -0.05) is 11.6 Å². The second-order valence-corrected chi connectivity index (χ2v) is 6.94. The van der Waals surface area contributed by atoms with Crippen molar-refractivity contribution in [2.75, 3.05) is 0 Å². The van der Waals surface area contributed by atoms with Crippen LogP contribution in [0.2, 0.25) is 5.02 Å². The highest BCUT2D eigenvalue weighted by molar-refractivity contribution is 6.32. The molecule has 2 aromatic heterocycles. The summed E-state index contributed by atoms with van der Waals surface area (Å²) < 4.78 is 61.3. The van der Waals surface area contributed by atoms with Crippen LogP contribution >= 0.6 is 11.6 Å². The van der Waals surface area contributed by atoms with E-state index >= 15 is 0 Å². The van der Waals surface area contributed by atoms with Gasteiger partial charge >= 0.3 is 11.9 Å². The van der Waals surface area contributed by atoms with Crippen molar-refractivity contribution in [1.82, 2.24) is 14.1 Å². The Morgan fingerprint density at radius 3 is 2.67 bits per heavy atom. The number of benzene rings is 1. The number of rotatable bonds is 3. The maximum absolute atomic E-state index is 14.6. The highest BCUT2D eigenvalue weighted by atomic mass is 35.5. The summed E-state index contributed by atoms with van der Waals surface area (Å²) in [5.74, 6) is -2.21. The molecule has 0 N–H and O–H groups in total. The first-order valence-corrected chi connectivity index (χ1v) is 9.10. The van der Waals surface area contributed by atoms with Gasteiger partial charge in [-0.15, -0.1) is 0 Å². The van der Waals surface area contributed by atoms with Crippen molar-refractivity contribution in [3.63, 3.8) is 0 Å². The zero-order chi connectivity index (χ0) is 21.6. The Morgan fingerprint density at radius 2 is 1.93 bits per heavy atom. The van der Waals surface area contributed by atoms with Gasteiger partial charge < -0.3 is 4.74 Å². The average Bonchev–Trinajstić information content (AvgIpc) is 3.13. The molecule has 3 aromatic rings. The number of hydrogen-bond acceptors (Lipinski definition) is 4. The van der Waals surface area contributed by atoms with Crippen LogP contribution in [0, 0.1) is 5.82 Å². The van der Waals surface area contributed by atoms with E-state index in [-0.39, 0.29) is 5.02 Å². The molecule has 0 unspecified atom stereocenters. The molecule has 0 bridgehead atoms. The minimum absolute atomic E-state index is 0.357. The molecule has 4 rings (SSSR count). The summed E-state index contributed by atoms with van der Waals surface area (Å²) in [6, 6.07) is 4.73. The number of pyridine rings is 1. The Bertz CT molecular complexity index is 1270. The SMILES string of the molecule is O=c1cc2n(c(=O)n1-c1cc(Oc3ncccc3C(F)(F)F)c(Cl)cc1F)CCC2. The predicted octanol–water partition coefficient (Wildman–Crippen LogP) is 3.94. The van der Waals surface area contributed by atoms with Gasteiger partial charge in [-0.25, -0.2) is 18.7 Å². The fraction of sp³-hybridized carbons (Fsp3) is 0.211. The highest BCUT2D eigenvalue weighted by Crippen LogP contribution is 2.39. The lowest BCUT2D eigenvalue weighted by Crippen LogP contribution is -2.38. The van der Waals surface area contributed by atoms with Crippen molar-refractivity contribution in [3.8, 4) is 17.3 Å². The summed E-state index contributed by atoms with van der Waals surface area (Å²) in [7, 11) is 0. The smallest absolute Gasteiger partial charge is 0.421 e. The van der Waals surface area contributed by atoms with Crippen LogP contribution in [0.3, 0.4) is 0 Å². The van der Waals surface area contributed by atoms with Crippen molar-refractivity contribution in [2.24, 2.45) is 0 Å². The molecule has 3 heterocycles. The predicted molar refractivity (Wildman–Crippen MR) is 98.9 cm³/mol. The number of aryl methyl sites for hydroxylation is 1. The van der Waals surface area contributed by atoms with Crippen LogP contribution in [0.5, 0.6) is 11.6 Å². The maximum atomic E-state index is 14.6. The molecule has 0 spiro atoms. The van der Waals surface area contributed by atoms with Crippen LogP contribution in [0.1, 0.15) is 17.7 Å². The monoisotopic (exact) mass is 441 g/mol. The summed E-state index contributed by atoms with van der Waals surface area (Å²) in [6.45, 7) is 0.371. The average molecular weight is 442 g/mol. The summed E-state index contributed by atoms with van der Waals surface area (Å²) in [5.41, 5.74) is -2.64. The molecule has 1 aromatic carbocycles. The first-order chi connectivity index (χ1) is 14.2. The second-order valence-electron chi connectivity index (χ2n) is 6.54. The molecule has 156 valence electrons. The van der Waals surface area contributed by atoms with Crippen molar-refractivity contribution >= 4 is 11.6 Å². The molecule has 11 heteroatoms. The van der Waals surface area contributed by atoms with E-state index in [0.717, 1.165) is 30.5 Å². The lowest BCUT2D eigenvalue weighted by atomic mass is 10.2. The Hall–Kier alpha value is -3.14. The minimum Gasteiger partial charge on any atom is -0.437 e. The van der Waals surface area contributed by atoms with E-state index in [1.807, 2.05) is 0 Å². The lowest BCUT2D eigenvalue weighted by molar-refractivity contribution is -0.138. The number of hydrogen-bond donors (Lipinski definition) is 0. The van der Waals surface area contributed by atoms with Gasteiger partial charge in [0.1, 0.15) is 17.1 Å². The van der Waals surface area contributed by atoms with Crippen LogP contribution in [0.25, 0.3) is 5.69 Å². The van der Waals surface area contributed by atoms with E-state index in [4.69, 9.17) is 16.3 Å². The van der Waals surface area contributed by atoms with Gasteiger partial charge in [-0.3, -0.25) is 9.36 Å². The molecular formula is C19H12ClF4N3O3. The third kappa shape index (κ3) is 3.47. The molecule has 1 aliphatic rings. The summed E-state index contributed by atoms with van der Waals surface area (Å²) in [4.78, 5) is 28.7. The van der Waals surface area contributed by atoms with E-state index in [2.05, 4.69) is 4.98 Å². The molecule has 0 saturated carbocycles. The summed E-state index contributed by atoms with van der Waals surface area (Å²) in [6.07, 6.45) is -2.46. The topological polar surface area (TPSA) is 66.1 Å². The number of halogens is 5. The summed E-state index contributed by atoms with van der Waals surface area (Å²) in [5, 5.41) is -0.357. The fourth-order valence-corrected chi connectivity index (χ4v) is 3.46. The molecular weight excluding hydrogens is 430 g/mol. The molecule has 0 fully saturated rings. The van der Waals surface area contributed by atoms with E-state index in [9.17, 15) is 27.2 Å². The first-order valence-electron chi connectivity index (χ1n) is 8.72. The molecule has 1 aliphatic heterocycles. The molecule has 30 heavy (non-hydrogen) atoms. The number of fused-ring (bicyclic) bond motifs is 1. The Kier molecular flexibility index (Phi) is 4.89. The molecule has 0 saturated heterocycles. The normalized spacial score (nSPS) is 13.4. The van der Waals surface area contributed by atoms with Crippen LogP contribution in [-0.4, -0.2) is 14.1 Å². The van der Waals surface area contributed by atoms with E-state index in [1.54, 1.807) is 0 Å². The number of alkyl halides is 3. The van der Waals surface area contributed by atoms with Crippen LogP contribution in [-0.2, 0) is 19.1 Å². The van der Waals surface area contributed by atoms with Crippen molar-refractivity contribution in [3.05, 3.63) is 79.5 Å². The number of aromatic nitrogens is 3. The van der Waals surface area contributed by atoms with Gasteiger partial charge in [-0.2, -0.15) is 13.2 Å². The van der Waals surface area contributed by atoms with Crippen LogP contribution in [0.4, 0.5) is 17.6 Å². The standard InChI is InChI=1S/C19H12ClF4N3O3/c20-12-8-13(21)14(27-16(28)7-10-3-2-6-26(10)18(27)29)9-15(12)30-17-11(19(22,23)24)4-1-5-25-17/h1,4-5,7-9H,2-3,6H2. The van der Waals surface area contributed by atoms with Gasteiger partial charge in [0.2, 0.25) is 5.88 Å². The fourth-order valence-electron chi connectivity index (χ4n) is 3.27. The quantitative estimate of drug-likeness (QED) is 0.577. The maximum Gasteiger partial charge on any atom is 0.421 e. The zero-order valence-electron chi connectivity index (χ0n) is 15.0. The van der Waals surface area contributed by atoms with Gasteiger partial charge in [0.05, 0.1) is 10.7 Å². The molecule has 0 amide bonds. The first kappa shape index (κ1) is 20.1. The Labute approximate surface area is 170 Å². The van der Waals surface area contributed by atoms with Crippen molar-refractivity contribution in [2.45, 2.75) is 25.6 Å². The molecule has 0 aliphatic carbocycles. The van der Waals surface area contributed by atoms with E-state index in [1.165, 1.54) is 10.6 Å². The second kappa shape index (κ2) is 7.28. The third-order valence-corrected chi connectivity index (χ3v) is 4.91. The lowest BCUT2D eigenvalue weighted by Gasteiger charge is -2.15. The number of nitrogens with zero attached hydrogens (tertiary/aromatic N) is 3. The van der Waals surface area contributed by atoms with Gasteiger partial charge in [0.15, 0.2) is 0 Å². The summed E-state index contributed by atoms with van der Waals surface area (Å²) >= 11 is 5.93. The van der Waals surface area contributed by atoms with Crippen molar-refractivity contribution < 1.29 is 22.3 Å². The van der Waals surface area contributed by atoms with E-state index in [0.29, 0.717) is 29.6 Å². The zero-order valence-corrected chi connectivity index (χ0v) is 15.8. The minimum atomic E-state index is -4.76. The molecule has 0 atom stereocenters. The van der Waals surface area contributed by atoms with Crippen molar-refractivity contribution in [1.29, 1.82) is 0 Å². The van der Waals surface area contributed by atoms with Gasteiger partial charge in [-0.05, 0) is 31.0 Å². The highest BCUT2D eigenvalue weighted by Gasteiger charge is 2.35. The van der Waals surface area contributed by atoms with Crippen LogP contribution in [0.15, 0.2) is 46.1 Å². The van der Waals surface area contributed by atoms with E-state index < -0.39 is 46.1 Å². The molecule has 6 nitrogen and oxygen atoms in total. The Balaban J connectivity index is 1.85. The third-order valence-electron chi connectivity index (χ3n) is 4.62. The van der Waals surface area contributed by atoms with Gasteiger partial charge in [0.25, 0.3) is 5.56 Å². The molecule has 0 radical (unpaired) electrons. The largest absolute Gasteiger partial charge is 0.437 e.